The number of ether oxygens (including phenoxy) is 2. The third-order valence-electron chi connectivity index (χ3n) is 9.13. The Bertz CT molecular complexity index is 1650. The summed E-state index contributed by atoms with van der Waals surface area (Å²) in [6.07, 6.45) is 6.74. The van der Waals surface area contributed by atoms with Crippen molar-refractivity contribution in [3.63, 3.8) is 0 Å². The van der Waals surface area contributed by atoms with Crippen molar-refractivity contribution in [2.24, 2.45) is 5.92 Å². The van der Waals surface area contributed by atoms with Gasteiger partial charge in [0.1, 0.15) is 0 Å². The maximum absolute atomic E-state index is 13.8. The molecule has 1 aliphatic heterocycles. The van der Waals surface area contributed by atoms with Crippen molar-refractivity contribution in [1.29, 1.82) is 0 Å². The zero-order valence-electron chi connectivity index (χ0n) is 25.7. The highest BCUT2D eigenvalue weighted by Crippen LogP contribution is 2.34. The lowest BCUT2D eigenvalue weighted by atomic mass is 9.89. The topological polar surface area (TPSA) is 59.1 Å². The van der Waals surface area contributed by atoms with E-state index in [1.165, 1.54) is 36.0 Å². The van der Waals surface area contributed by atoms with Crippen LogP contribution in [0.3, 0.4) is 0 Å². The molecule has 7 heteroatoms. The van der Waals surface area contributed by atoms with E-state index in [-0.39, 0.29) is 0 Å². The molecule has 0 atom stereocenters. The Kier molecular flexibility index (Phi) is 9.24. The molecule has 0 unspecified atom stereocenters. The minimum absolute atomic E-state index is 0.339. The van der Waals surface area contributed by atoms with Crippen molar-refractivity contribution in [2.45, 2.75) is 56.5 Å². The van der Waals surface area contributed by atoms with Crippen molar-refractivity contribution in [1.82, 2.24) is 4.90 Å². The van der Waals surface area contributed by atoms with Gasteiger partial charge in [-0.3, -0.25) is 9.21 Å². The Morgan fingerprint density at radius 3 is 2.02 bits per heavy atom. The maximum Gasteiger partial charge on any atom is 0.264 e. The normalized spacial score (nSPS) is 15.9. The van der Waals surface area contributed by atoms with Gasteiger partial charge in [0, 0.05) is 26.2 Å². The van der Waals surface area contributed by atoms with Crippen LogP contribution in [0.1, 0.15) is 48.8 Å². The molecule has 0 radical (unpaired) electrons. The molecule has 0 bridgehead atoms. The fourth-order valence-electron chi connectivity index (χ4n) is 6.62. The van der Waals surface area contributed by atoms with E-state index in [0.717, 1.165) is 67.2 Å². The molecule has 4 aromatic rings. The molecule has 4 aromatic carbocycles. The van der Waals surface area contributed by atoms with E-state index in [0.29, 0.717) is 17.4 Å². The van der Waals surface area contributed by atoms with Crippen LogP contribution in [0.15, 0.2) is 95.9 Å². The van der Waals surface area contributed by atoms with E-state index in [1.54, 1.807) is 42.8 Å². The Morgan fingerprint density at radius 1 is 0.773 bits per heavy atom. The second-order valence-electron chi connectivity index (χ2n) is 12.0. The van der Waals surface area contributed by atoms with Crippen molar-refractivity contribution in [2.75, 3.05) is 31.6 Å². The van der Waals surface area contributed by atoms with Crippen molar-refractivity contribution < 1.29 is 17.9 Å². The number of rotatable bonds is 10. The first kappa shape index (κ1) is 30.2. The summed E-state index contributed by atoms with van der Waals surface area (Å²) < 4.78 is 40.2. The molecular weight excluding hydrogens is 568 g/mol. The number of nitrogens with zero attached hydrogens (tertiary/aromatic N) is 2. The lowest BCUT2D eigenvalue weighted by Crippen LogP contribution is -2.36. The van der Waals surface area contributed by atoms with Crippen LogP contribution in [0, 0.1) is 5.92 Å². The lowest BCUT2D eigenvalue weighted by Gasteiger charge is -2.31. The molecule has 1 fully saturated rings. The SMILES string of the molecule is COc1cc2c(cc1OC)CN(Cc1ccc(-c3ccc(N(CC4CCCCC4)S(=O)(=O)c4ccccc4)cc3)cc1)CC2. The molecule has 44 heavy (non-hydrogen) atoms. The van der Waals surface area contributed by atoms with Gasteiger partial charge in [-0.2, -0.15) is 0 Å². The average molecular weight is 611 g/mol. The molecule has 0 amide bonds. The van der Waals surface area contributed by atoms with E-state index in [1.807, 2.05) is 30.3 Å². The summed E-state index contributed by atoms with van der Waals surface area (Å²) in [4.78, 5) is 2.80. The van der Waals surface area contributed by atoms with Gasteiger partial charge in [-0.15, -0.1) is 0 Å². The summed E-state index contributed by atoms with van der Waals surface area (Å²) in [5.41, 5.74) is 6.79. The Labute approximate surface area is 262 Å². The maximum atomic E-state index is 13.8. The summed E-state index contributed by atoms with van der Waals surface area (Å²) in [5, 5.41) is 0. The van der Waals surface area contributed by atoms with E-state index in [2.05, 4.69) is 41.3 Å². The summed E-state index contributed by atoms with van der Waals surface area (Å²) in [6.45, 7) is 3.27. The highest BCUT2D eigenvalue weighted by molar-refractivity contribution is 7.92. The van der Waals surface area contributed by atoms with Crippen molar-refractivity contribution >= 4 is 15.7 Å². The van der Waals surface area contributed by atoms with Crippen LogP contribution in [-0.4, -0.2) is 40.6 Å². The number of fused-ring (bicyclic) bond motifs is 1. The van der Waals surface area contributed by atoms with Crippen LogP contribution in [0.4, 0.5) is 5.69 Å². The smallest absolute Gasteiger partial charge is 0.264 e. The number of sulfonamides is 1. The van der Waals surface area contributed by atoms with Crippen LogP contribution in [0.2, 0.25) is 0 Å². The molecule has 6 rings (SSSR count). The molecule has 230 valence electrons. The molecule has 1 saturated carbocycles. The first-order valence-electron chi connectivity index (χ1n) is 15.7. The average Bonchev–Trinajstić information content (AvgIpc) is 3.08. The molecular formula is C37H42N2O4S. The zero-order valence-corrected chi connectivity index (χ0v) is 26.6. The van der Waals surface area contributed by atoms with Gasteiger partial charge in [-0.1, -0.05) is 73.9 Å². The third kappa shape index (κ3) is 6.64. The molecule has 1 heterocycles. The summed E-state index contributed by atoms with van der Waals surface area (Å²) in [6, 6.07) is 29.8. The van der Waals surface area contributed by atoms with E-state index in [4.69, 9.17) is 9.47 Å². The number of hydrogen-bond acceptors (Lipinski definition) is 5. The van der Waals surface area contributed by atoms with Crippen LogP contribution in [-0.2, 0) is 29.5 Å². The van der Waals surface area contributed by atoms with Gasteiger partial charge in [0.15, 0.2) is 11.5 Å². The van der Waals surface area contributed by atoms with Gasteiger partial charge < -0.3 is 9.47 Å². The zero-order chi connectivity index (χ0) is 30.5. The Hall–Kier alpha value is -3.81. The molecule has 2 aliphatic rings. The Balaban J connectivity index is 1.16. The minimum atomic E-state index is -3.66. The van der Waals surface area contributed by atoms with Gasteiger partial charge in [0.2, 0.25) is 0 Å². The largest absolute Gasteiger partial charge is 0.493 e. The first-order valence-corrected chi connectivity index (χ1v) is 17.1. The van der Waals surface area contributed by atoms with Crippen LogP contribution >= 0.6 is 0 Å². The van der Waals surface area contributed by atoms with Crippen molar-refractivity contribution in [3.8, 4) is 22.6 Å². The molecule has 0 aromatic heterocycles. The van der Waals surface area contributed by atoms with Gasteiger partial charge in [-0.25, -0.2) is 8.42 Å². The first-order chi connectivity index (χ1) is 21.4. The molecule has 1 aliphatic carbocycles. The quantitative estimate of drug-likeness (QED) is 0.184. The van der Waals surface area contributed by atoms with E-state index < -0.39 is 10.0 Å². The second-order valence-corrected chi connectivity index (χ2v) is 13.9. The van der Waals surface area contributed by atoms with Crippen LogP contribution < -0.4 is 13.8 Å². The predicted octanol–water partition coefficient (Wildman–Crippen LogP) is 7.70. The number of methoxy groups -OCH3 is 2. The van der Waals surface area contributed by atoms with Crippen molar-refractivity contribution in [3.05, 3.63) is 108 Å². The van der Waals surface area contributed by atoms with Crippen LogP contribution in [0.25, 0.3) is 11.1 Å². The van der Waals surface area contributed by atoms with Gasteiger partial charge >= 0.3 is 0 Å². The highest BCUT2D eigenvalue weighted by atomic mass is 32.2. The van der Waals surface area contributed by atoms with Gasteiger partial charge in [-0.05, 0) is 89.4 Å². The van der Waals surface area contributed by atoms with Crippen LogP contribution in [0.5, 0.6) is 11.5 Å². The number of hydrogen-bond donors (Lipinski definition) is 0. The standard InChI is InChI=1S/C37H42N2O4S/c1-42-36-23-32-21-22-38(27-33(32)24-37(36)43-2)25-29-13-15-30(16-14-29)31-17-19-34(20-18-31)39(26-28-9-5-3-6-10-28)44(40,41)35-11-7-4-8-12-35/h4,7-8,11-20,23-24,28H,3,5-6,9-10,21-22,25-27H2,1-2H3. The highest BCUT2D eigenvalue weighted by Gasteiger charge is 2.28. The van der Waals surface area contributed by atoms with Gasteiger partial charge in [0.05, 0.1) is 24.8 Å². The summed E-state index contributed by atoms with van der Waals surface area (Å²) in [5.74, 6) is 1.95. The van der Waals surface area contributed by atoms with Gasteiger partial charge in [0.25, 0.3) is 10.0 Å². The molecule has 0 spiro atoms. The second kappa shape index (κ2) is 13.4. The minimum Gasteiger partial charge on any atom is -0.493 e. The summed E-state index contributed by atoms with van der Waals surface area (Å²) >= 11 is 0. The fourth-order valence-corrected chi connectivity index (χ4v) is 8.19. The van der Waals surface area contributed by atoms with E-state index in [9.17, 15) is 8.42 Å². The molecule has 0 N–H and O–H groups in total. The number of benzene rings is 4. The fraction of sp³-hybridized carbons (Fsp3) is 0.351. The number of anilines is 1. The molecule has 0 saturated heterocycles. The summed E-state index contributed by atoms with van der Waals surface area (Å²) in [7, 11) is -0.300. The third-order valence-corrected chi connectivity index (χ3v) is 10.9. The monoisotopic (exact) mass is 610 g/mol. The Morgan fingerprint density at radius 2 is 1.39 bits per heavy atom. The van der Waals surface area contributed by atoms with E-state index >= 15 is 0 Å². The molecule has 6 nitrogen and oxygen atoms in total. The lowest BCUT2D eigenvalue weighted by molar-refractivity contribution is 0.244. The predicted molar refractivity (Wildman–Crippen MR) is 177 cm³/mol.